The van der Waals surface area contributed by atoms with E-state index in [9.17, 15) is 0 Å². The molecule has 3 atom stereocenters. The van der Waals surface area contributed by atoms with E-state index >= 15 is 0 Å². The van der Waals surface area contributed by atoms with Gasteiger partial charge in [-0.3, -0.25) is 0 Å². The third-order valence-electron chi connectivity index (χ3n) is 3.22. The average molecular weight is 155 g/mol. The molecule has 0 aromatic rings. The summed E-state index contributed by atoms with van der Waals surface area (Å²) in [6.07, 6.45) is 3.94. The predicted octanol–water partition coefficient (Wildman–Crippen LogP) is 2.41. The Balaban J connectivity index is 2.40. The molecule has 1 fully saturated rings. The molecule has 0 spiro atoms. The van der Waals surface area contributed by atoms with Crippen LogP contribution in [0.4, 0.5) is 0 Å². The molecule has 1 heteroatoms. The second-order valence-corrected chi connectivity index (χ2v) is 4.46. The number of hydrogen-bond acceptors (Lipinski definition) is 1. The highest BCUT2D eigenvalue weighted by Gasteiger charge is 2.26. The highest BCUT2D eigenvalue weighted by atomic mass is 14.7. The van der Waals surface area contributed by atoms with E-state index in [1.165, 1.54) is 19.3 Å². The molecule has 1 saturated carbocycles. The smallest absolute Gasteiger partial charge is 0.00647 e. The highest BCUT2D eigenvalue weighted by Crippen LogP contribution is 2.32. The van der Waals surface area contributed by atoms with Crippen molar-refractivity contribution in [3.05, 3.63) is 0 Å². The number of nitrogens with two attached hydrogens (primary N) is 1. The number of hydrogen-bond donors (Lipinski definition) is 1. The maximum Gasteiger partial charge on any atom is 0.00647 e. The molecule has 1 unspecified atom stereocenters. The summed E-state index contributed by atoms with van der Waals surface area (Å²) in [7, 11) is 0. The van der Waals surface area contributed by atoms with Gasteiger partial charge in [-0.25, -0.2) is 0 Å². The Hall–Kier alpha value is -0.0400. The quantitative estimate of drug-likeness (QED) is 0.618. The van der Waals surface area contributed by atoms with Gasteiger partial charge in [0.25, 0.3) is 0 Å². The molecule has 0 aliphatic heterocycles. The summed E-state index contributed by atoms with van der Waals surface area (Å²) in [5, 5.41) is 0. The molecule has 0 aromatic carbocycles. The van der Waals surface area contributed by atoms with Gasteiger partial charge in [-0.2, -0.15) is 0 Å². The predicted molar refractivity (Wildman–Crippen MR) is 49.3 cm³/mol. The molecular formula is C10H21N. The first-order valence-corrected chi connectivity index (χ1v) is 4.87. The van der Waals surface area contributed by atoms with E-state index in [1.54, 1.807) is 0 Å². The molecule has 0 heterocycles. The molecule has 0 aromatic heterocycles. The standard InChI is InChI=1S/C10H21N/c1-7(2)9-4-5-10(11)8(3)6-9/h7-10H,4-6,11H2,1-3H3/t8?,9-,10+/m0/s1. The van der Waals surface area contributed by atoms with Crippen LogP contribution in [0.25, 0.3) is 0 Å². The zero-order valence-electron chi connectivity index (χ0n) is 8.01. The fraction of sp³-hybridized carbons (Fsp3) is 1.00. The van der Waals surface area contributed by atoms with Gasteiger partial charge >= 0.3 is 0 Å². The van der Waals surface area contributed by atoms with Crippen molar-refractivity contribution in [1.82, 2.24) is 0 Å². The summed E-state index contributed by atoms with van der Waals surface area (Å²) in [6, 6.07) is 0.477. The Kier molecular flexibility index (Phi) is 2.94. The van der Waals surface area contributed by atoms with Gasteiger partial charge in [-0.1, -0.05) is 20.8 Å². The van der Waals surface area contributed by atoms with E-state index in [1.807, 2.05) is 0 Å². The van der Waals surface area contributed by atoms with Crippen LogP contribution in [0.1, 0.15) is 40.0 Å². The molecule has 1 rings (SSSR count). The minimum absolute atomic E-state index is 0.477. The fourth-order valence-electron chi connectivity index (χ4n) is 2.07. The average Bonchev–Trinajstić information content (AvgIpc) is 1.94. The van der Waals surface area contributed by atoms with Gasteiger partial charge in [-0.05, 0) is 37.0 Å². The van der Waals surface area contributed by atoms with Gasteiger partial charge in [0, 0.05) is 6.04 Å². The van der Waals surface area contributed by atoms with Crippen LogP contribution < -0.4 is 5.73 Å². The molecule has 1 aliphatic rings. The van der Waals surface area contributed by atoms with E-state index in [-0.39, 0.29) is 0 Å². The van der Waals surface area contributed by atoms with Crippen LogP contribution in [0.5, 0.6) is 0 Å². The second kappa shape index (κ2) is 3.57. The van der Waals surface area contributed by atoms with Crippen LogP contribution >= 0.6 is 0 Å². The van der Waals surface area contributed by atoms with Gasteiger partial charge in [-0.15, -0.1) is 0 Å². The van der Waals surface area contributed by atoms with E-state index in [0.717, 1.165) is 17.8 Å². The normalized spacial score (nSPS) is 39.5. The van der Waals surface area contributed by atoms with Gasteiger partial charge in [0.1, 0.15) is 0 Å². The molecular weight excluding hydrogens is 134 g/mol. The lowest BCUT2D eigenvalue weighted by Gasteiger charge is -2.33. The molecule has 0 bridgehead atoms. The topological polar surface area (TPSA) is 26.0 Å². The minimum Gasteiger partial charge on any atom is -0.327 e. The maximum absolute atomic E-state index is 5.94. The summed E-state index contributed by atoms with van der Waals surface area (Å²) in [6.45, 7) is 6.95. The zero-order valence-corrected chi connectivity index (χ0v) is 8.01. The van der Waals surface area contributed by atoms with Crippen LogP contribution in [0, 0.1) is 17.8 Å². The Labute approximate surface area is 70.4 Å². The van der Waals surface area contributed by atoms with E-state index in [0.29, 0.717) is 6.04 Å². The summed E-state index contributed by atoms with van der Waals surface area (Å²) in [4.78, 5) is 0. The summed E-state index contributed by atoms with van der Waals surface area (Å²) in [5.41, 5.74) is 5.94. The fourth-order valence-corrected chi connectivity index (χ4v) is 2.07. The van der Waals surface area contributed by atoms with Crippen LogP contribution in [-0.2, 0) is 0 Å². The van der Waals surface area contributed by atoms with Crippen molar-refractivity contribution in [1.29, 1.82) is 0 Å². The molecule has 11 heavy (non-hydrogen) atoms. The second-order valence-electron chi connectivity index (χ2n) is 4.46. The van der Waals surface area contributed by atoms with Crippen LogP contribution in [0.3, 0.4) is 0 Å². The Morgan fingerprint density at radius 3 is 2.36 bits per heavy atom. The van der Waals surface area contributed by atoms with Gasteiger partial charge < -0.3 is 5.73 Å². The Morgan fingerprint density at radius 2 is 1.91 bits per heavy atom. The van der Waals surface area contributed by atoms with Crippen LogP contribution in [0.15, 0.2) is 0 Å². The van der Waals surface area contributed by atoms with Gasteiger partial charge in [0.15, 0.2) is 0 Å². The third-order valence-corrected chi connectivity index (χ3v) is 3.22. The lowest BCUT2D eigenvalue weighted by Crippen LogP contribution is -2.35. The first-order valence-electron chi connectivity index (χ1n) is 4.87. The molecule has 0 amide bonds. The van der Waals surface area contributed by atoms with Crippen molar-refractivity contribution in [3.63, 3.8) is 0 Å². The molecule has 1 nitrogen and oxygen atoms in total. The van der Waals surface area contributed by atoms with Crippen molar-refractivity contribution in [2.24, 2.45) is 23.5 Å². The lowest BCUT2D eigenvalue weighted by molar-refractivity contribution is 0.202. The highest BCUT2D eigenvalue weighted by molar-refractivity contribution is 4.80. The molecule has 2 N–H and O–H groups in total. The Bertz CT molecular complexity index is 120. The largest absolute Gasteiger partial charge is 0.327 e. The zero-order chi connectivity index (χ0) is 8.43. The summed E-state index contributed by atoms with van der Waals surface area (Å²) < 4.78 is 0. The van der Waals surface area contributed by atoms with Crippen molar-refractivity contribution in [2.75, 3.05) is 0 Å². The molecule has 1 aliphatic carbocycles. The summed E-state index contributed by atoms with van der Waals surface area (Å²) >= 11 is 0. The monoisotopic (exact) mass is 155 g/mol. The molecule has 0 radical (unpaired) electrons. The molecule has 66 valence electrons. The first kappa shape index (κ1) is 9.05. The molecule has 0 saturated heterocycles. The van der Waals surface area contributed by atoms with E-state index in [4.69, 9.17) is 5.73 Å². The van der Waals surface area contributed by atoms with Crippen LogP contribution in [-0.4, -0.2) is 6.04 Å². The van der Waals surface area contributed by atoms with Crippen LogP contribution in [0.2, 0.25) is 0 Å². The van der Waals surface area contributed by atoms with Crippen molar-refractivity contribution in [2.45, 2.75) is 46.1 Å². The first-order chi connectivity index (χ1) is 5.11. The lowest BCUT2D eigenvalue weighted by atomic mass is 9.75. The summed E-state index contributed by atoms with van der Waals surface area (Å²) in [5.74, 6) is 2.53. The van der Waals surface area contributed by atoms with E-state index in [2.05, 4.69) is 20.8 Å². The number of rotatable bonds is 1. The van der Waals surface area contributed by atoms with Gasteiger partial charge in [0.2, 0.25) is 0 Å². The third kappa shape index (κ3) is 2.19. The van der Waals surface area contributed by atoms with Crippen molar-refractivity contribution in [3.8, 4) is 0 Å². The van der Waals surface area contributed by atoms with E-state index < -0.39 is 0 Å². The Morgan fingerprint density at radius 1 is 1.27 bits per heavy atom. The maximum atomic E-state index is 5.94. The SMILES string of the molecule is CC(C)[C@H]1CC[C@@H](N)C(C)C1. The van der Waals surface area contributed by atoms with Gasteiger partial charge in [0.05, 0.1) is 0 Å². The van der Waals surface area contributed by atoms with Crippen molar-refractivity contribution >= 4 is 0 Å². The minimum atomic E-state index is 0.477. The van der Waals surface area contributed by atoms with Crippen molar-refractivity contribution < 1.29 is 0 Å².